The summed E-state index contributed by atoms with van der Waals surface area (Å²) in [5.41, 5.74) is 5.87. The Balaban J connectivity index is 1.68. The standard InChI is InChI=1S/C12H20N4O2/c13-12(17)18-8-6-14-9-10-5-7-16(15-10)11-3-1-2-4-11/h5,7,11,14H,1-4,6,8-9H2,(H2,13,17). The molecular weight excluding hydrogens is 232 g/mol. The SMILES string of the molecule is NC(=O)OCCNCc1ccn(C2CCCC2)n1. The van der Waals surface area contributed by atoms with Gasteiger partial charge >= 0.3 is 6.09 Å². The van der Waals surface area contributed by atoms with E-state index in [1.807, 2.05) is 12.3 Å². The van der Waals surface area contributed by atoms with Crippen molar-refractivity contribution in [3.8, 4) is 0 Å². The predicted octanol–water partition coefficient (Wildman–Crippen LogP) is 1.18. The van der Waals surface area contributed by atoms with Crippen LogP contribution in [0.15, 0.2) is 12.3 Å². The number of amides is 1. The number of hydrogen-bond donors (Lipinski definition) is 2. The first-order chi connectivity index (χ1) is 8.75. The molecule has 0 radical (unpaired) electrons. The van der Waals surface area contributed by atoms with Crippen molar-refractivity contribution in [2.45, 2.75) is 38.3 Å². The molecule has 1 amide bonds. The summed E-state index contributed by atoms with van der Waals surface area (Å²) < 4.78 is 6.69. The topological polar surface area (TPSA) is 82.2 Å². The number of nitrogens with zero attached hydrogens (tertiary/aromatic N) is 2. The average molecular weight is 252 g/mol. The van der Waals surface area contributed by atoms with Gasteiger partial charge in [0.25, 0.3) is 0 Å². The molecule has 0 unspecified atom stereocenters. The Labute approximate surface area is 106 Å². The first-order valence-corrected chi connectivity index (χ1v) is 6.42. The zero-order chi connectivity index (χ0) is 12.8. The fourth-order valence-corrected chi connectivity index (χ4v) is 2.28. The lowest BCUT2D eigenvalue weighted by Gasteiger charge is -2.09. The zero-order valence-corrected chi connectivity index (χ0v) is 10.5. The van der Waals surface area contributed by atoms with Crippen LogP contribution in [0.1, 0.15) is 37.4 Å². The monoisotopic (exact) mass is 252 g/mol. The number of carbonyl (C=O) groups is 1. The van der Waals surface area contributed by atoms with Crippen LogP contribution in [0.3, 0.4) is 0 Å². The average Bonchev–Trinajstić information content (AvgIpc) is 2.98. The molecule has 1 aromatic heterocycles. The summed E-state index contributed by atoms with van der Waals surface area (Å²) in [7, 11) is 0. The van der Waals surface area contributed by atoms with Gasteiger partial charge in [-0.1, -0.05) is 12.8 Å². The summed E-state index contributed by atoms with van der Waals surface area (Å²) >= 11 is 0. The number of primary amides is 1. The second kappa shape index (κ2) is 6.39. The van der Waals surface area contributed by atoms with Gasteiger partial charge in [0.15, 0.2) is 0 Å². The van der Waals surface area contributed by atoms with Crippen LogP contribution in [0.4, 0.5) is 4.79 Å². The highest BCUT2D eigenvalue weighted by Gasteiger charge is 2.17. The van der Waals surface area contributed by atoms with Crippen molar-refractivity contribution >= 4 is 6.09 Å². The Kier molecular flexibility index (Phi) is 4.58. The van der Waals surface area contributed by atoms with E-state index in [1.165, 1.54) is 25.7 Å². The molecule has 6 nitrogen and oxygen atoms in total. The molecule has 1 aromatic rings. The van der Waals surface area contributed by atoms with Crippen LogP contribution in [0.25, 0.3) is 0 Å². The number of hydrogen-bond acceptors (Lipinski definition) is 4. The number of ether oxygens (including phenoxy) is 1. The molecule has 0 atom stereocenters. The number of carbonyl (C=O) groups excluding carboxylic acids is 1. The number of rotatable bonds is 6. The number of nitrogens with two attached hydrogens (primary N) is 1. The Hall–Kier alpha value is -1.56. The summed E-state index contributed by atoms with van der Waals surface area (Å²) in [4.78, 5) is 10.3. The van der Waals surface area contributed by atoms with Crippen LogP contribution in [-0.4, -0.2) is 29.0 Å². The molecule has 0 aromatic carbocycles. The van der Waals surface area contributed by atoms with Crippen LogP contribution < -0.4 is 11.1 Å². The molecule has 1 heterocycles. The fourth-order valence-electron chi connectivity index (χ4n) is 2.28. The van der Waals surface area contributed by atoms with E-state index in [2.05, 4.69) is 19.8 Å². The minimum atomic E-state index is -0.734. The van der Waals surface area contributed by atoms with Crippen molar-refractivity contribution in [3.05, 3.63) is 18.0 Å². The molecule has 1 fully saturated rings. The van der Waals surface area contributed by atoms with E-state index in [0.29, 0.717) is 25.7 Å². The molecule has 0 saturated heterocycles. The van der Waals surface area contributed by atoms with Gasteiger partial charge < -0.3 is 15.8 Å². The first kappa shape index (κ1) is 12.9. The van der Waals surface area contributed by atoms with Gasteiger partial charge in [-0.15, -0.1) is 0 Å². The van der Waals surface area contributed by atoms with Gasteiger partial charge in [-0.25, -0.2) is 4.79 Å². The van der Waals surface area contributed by atoms with E-state index in [1.54, 1.807) is 0 Å². The summed E-state index contributed by atoms with van der Waals surface area (Å²) in [6, 6.07) is 2.61. The molecule has 18 heavy (non-hydrogen) atoms. The van der Waals surface area contributed by atoms with E-state index in [-0.39, 0.29) is 0 Å². The third-order valence-electron chi connectivity index (χ3n) is 3.19. The molecule has 1 aliphatic rings. The lowest BCUT2D eigenvalue weighted by Crippen LogP contribution is -2.23. The van der Waals surface area contributed by atoms with Gasteiger partial charge in [-0.3, -0.25) is 4.68 Å². The first-order valence-electron chi connectivity index (χ1n) is 6.42. The lowest BCUT2D eigenvalue weighted by atomic mass is 10.3. The van der Waals surface area contributed by atoms with E-state index < -0.39 is 6.09 Å². The lowest BCUT2D eigenvalue weighted by molar-refractivity contribution is 0.157. The van der Waals surface area contributed by atoms with Crippen LogP contribution in [0.2, 0.25) is 0 Å². The van der Waals surface area contributed by atoms with Gasteiger partial charge in [0.1, 0.15) is 6.61 Å². The molecular formula is C12H20N4O2. The molecule has 0 aliphatic heterocycles. The smallest absolute Gasteiger partial charge is 0.404 e. The Morgan fingerprint density at radius 1 is 1.56 bits per heavy atom. The van der Waals surface area contributed by atoms with E-state index in [9.17, 15) is 4.79 Å². The molecule has 1 saturated carbocycles. The van der Waals surface area contributed by atoms with Gasteiger partial charge in [0, 0.05) is 19.3 Å². The number of aromatic nitrogens is 2. The molecule has 1 aliphatic carbocycles. The molecule has 3 N–H and O–H groups in total. The summed E-state index contributed by atoms with van der Waals surface area (Å²) in [6.45, 7) is 1.56. The minimum Gasteiger partial charge on any atom is -0.448 e. The minimum absolute atomic E-state index is 0.290. The second-order valence-electron chi connectivity index (χ2n) is 4.57. The third kappa shape index (κ3) is 3.73. The van der Waals surface area contributed by atoms with Crippen molar-refractivity contribution in [1.29, 1.82) is 0 Å². The van der Waals surface area contributed by atoms with Gasteiger partial charge in [-0.05, 0) is 18.9 Å². The Morgan fingerprint density at radius 2 is 2.33 bits per heavy atom. The van der Waals surface area contributed by atoms with Crippen molar-refractivity contribution in [3.63, 3.8) is 0 Å². The normalized spacial score (nSPS) is 16.0. The van der Waals surface area contributed by atoms with Crippen molar-refractivity contribution < 1.29 is 9.53 Å². The zero-order valence-electron chi connectivity index (χ0n) is 10.5. The van der Waals surface area contributed by atoms with Crippen LogP contribution >= 0.6 is 0 Å². The molecule has 100 valence electrons. The van der Waals surface area contributed by atoms with Crippen molar-refractivity contribution in [1.82, 2.24) is 15.1 Å². The summed E-state index contributed by atoms with van der Waals surface area (Å²) in [5, 5.41) is 7.70. The predicted molar refractivity (Wildman–Crippen MR) is 67.0 cm³/mol. The van der Waals surface area contributed by atoms with Crippen molar-refractivity contribution in [2.24, 2.45) is 5.73 Å². The molecule has 0 spiro atoms. The highest BCUT2D eigenvalue weighted by Crippen LogP contribution is 2.28. The molecule has 6 heteroatoms. The maximum atomic E-state index is 10.3. The largest absolute Gasteiger partial charge is 0.448 e. The van der Waals surface area contributed by atoms with Crippen LogP contribution in [0.5, 0.6) is 0 Å². The third-order valence-corrected chi connectivity index (χ3v) is 3.19. The van der Waals surface area contributed by atoms with E-state index >= 15 is 0 Å². The number of nitrogens with one attached hydrogen (secondary N) is 1. The quantitative estimate of drug-likeness (QED) is 0.745. The van der Waals surface area contributed by atoms with Gasteiger partial charge in [0.2, 0.25) is 0 Å². The van der Waals surface area contributed by atoms with Gasteiger partial charge in [-0.2, -0.15) is 5.10 Å². The van der Waals surface area contributed by atoms with E-state index in [0.717, 1.165) is 5.69 Å². The summed E-state index contributed by atoms with van der Waals surface area (Å²) in [6.07, 6.45) is 6.40. The maximum absolute atomic E-state index is 10.3. The van der Waals surface area contributed by atoms with Crippen molar-refractivity contribution in [2.75, 3.05) is 13.2 Å². The van der Waals surface area contributed by atoms with Crippen LogP contribution in [-0.2, 0) is 11.3 Å². The maximum Gasteiger partial charge on any atom is 0.404 e. The molecule has 0 bridgehead atoms. The highest BCUT2D eigenvalue weighted by molar-refractivity contribution is 5.64. The van der Waals surface area contributed by atoms with Gasteiger partial charge in [0.05, 0.1) is 11.7 Å². The molecule has 2 rings (SSSR count). The summed E-state index contributed by atoms with van der Waals surface area (Å²) in [5.74, 6) is 0. The Bertz CT molecular complexity index is 385. The second-order valence-corrected chi connectivity index (χ2v) is 4.57. The Morgan fingerprint density at radius 3 is 3.06 bits per heavy atom. The highest BCUT2D eigenvalue weighted by atomic mass is 16.5. The fraction of sp³-hybridized carbons (Fsp3) is 0.667. The van der Waals surface area contributed by atoms with Crippen LogP contribution in [0, 0.1) is 0 Å². The van der Waals surface area contributed by atoms with E-state index in [4.69, 9.17) is 5.73 Å².